The van der Waals surface area contributed by atoms with E-state index in [-0.39, 0.29) is 30.5 Å². The number of benzene rings is 2. The third-order valence-electron chi connectivity index (χ3n) is 4.73. The molecule has 2 aromatic carbocycles. The Bertz CT molecular complexity index is 835. The van der Waals surface area contributed by atoms with Gasteiger partial charge in [0.2, 0.25) is 6.29 Å². The Kier molecular flexibility index (Phi) is 6.73. The molecule has 1 aliphatic heterocycles. The summed E-state index contributed by atoms with van der Waals surface area (Å²) in [5.74, 6) is -0.357. The van der Waals surface area contributed by atoms with Crippen LogP contribution in [0.5, 0.6) is 17.2 Å². The lowest BCUT2D eigenvalue weighted by Gasteiger charge is -2.26. The van der Waals surface area contributed by atoms with Gasteiger partial charge in [-0.05, 0) is 35.4 Å². The molecule has 1 fully saturated rings. The Morgan fingerprint density at radius 2 is 1.59 bits per heavy atom. The molecule has 2 aromatic rings. The van der Waals surface area contributed by atoms with Crippen molar-refractivity contribution in [2.24, 2.45) is 5.92 Å². The first kappa shape index (κ1) is 21.1. The van der Waals surface area contributed by atoms with Gasteiger partial charge in [-0.3, -0.25) is 0 Å². The summed E-state index contributed by atoms with van der Waals surface area (Å²) in [6.45, 7) is -0.230. The molecule has 0 bridgehead atoms. The molecule has 0 amide bonds. The largest absolute Gasteiger partial charge is 0.508 e. The maximum Gasteiger partial charge on any atom is 0.228 e. The molecule has 29 heavy (non-hydrogen) atoms. The van der Waals surface area contributed by atoms with Gasteiger partial charge in [-0.1, -0.05) is 24.3 Å². The summed E-state index contributed by atoms with van der Waals surface area (Å²) in [5.41, 5.74) is 1.45. The Hall–Kier alpha value is -2.62. The van der Waals surface area contributed by atoms with Gasteiger partial charge in [-0.25, -0.2) is 0 Å². The van der Waals surface area contributed by atoms with Crippen LogP contribution < -0.4 is 4.74 Å². The fourth-order valence-electron chi connectivity index (χ4n) is 3.02. The molecule has 5 atom stereocenters. The Balaban J connectivity index is 1.76. The first-order valence-electron chi connectivity index (χ1n) is 9.15. The second kappa shape index (κ2) is 9.25. The number of aliphatic hydroxyl groups excluding tert-OH is 3. The minimum Gasteiger partial charge on any atom is -0.508 e. The second-order valence-electron chi connectivity index (χ2n) is 6.94. The van der Waals surface area contributed by atoms with Crippen LogP contribution in [0.25, 0.3) is 12.2 Å². The molecule has 1 saturated heterocycles. The molecule has 1 heterocycles. The predicted molar refractivity (Wildman–Crippen MR) is 106 cm³/mol. The highest BCUT2D eigenvalue weighted by Gasteiger charge is 2.42. The molecule has 156 valence electrons. The smallest absolute Gasteiger partial charge is 0.228 e. The van der Waals surface area contributed by atoms with Crippen LogP contribution in [0.4, 0.5) is 0 Å². The van der Waals surface area contributed by atoms with Crippen molar-refractivity contribution in [3.63, 3.8) is 0 Å². The lowest BCUT2D eigenvalue weighted by molar-refractivity contribution is -0.167. The van der Waals surface area contributed by atoms with E-state index in [4.69, 9.17) is 14.6 Å². The molecule has 1 aliphatic rings. The van der Waals surface area contributed by atoms with E-state index in [0.717, 1.165) is 5.56 Å². The highest BCUT2D eigenvalue weighted by atomic mass is 16.7. The summed E-state index contributed by atoms with van der Waals surface area (Å²) >= 11 is 0. The van der Waals surface area contributed by atoms with Crippen LogP contribution in [0.15, 0.2) is 42.5 Å². The number of ether oxygens (including phenoxy) is 2. The third-order valence-corrected chi connectivity index (χ3v) is 4.73. The Morgan fingerprint density at radius 3 is 2.28 bits per heavy atom. The number of rotatable bonds is 5. The quantitative estimate of drug-likeness (QED) is 0.358. The van der Waals surface area contributed by atoms with E-state index in [1.165, 1.54) is 12.1 Å². The first-order chi connectivity index (χ1) is 13.9. The van der Waals surface area contributed by atoms with Crippen molar-refractivity contribution in [2.45, 2.75) is 24.6 Å². The zero-order valence-corrected chi connectivity index (χ0v) is 15.5. The minimum absolute atomic E-state index is 0.0596. The number of aliphatic hydroxyl groups is 3. The van der Waals surface area contributed by atoms with Gasteiger partial charge in [0.25, 0.3) is 0 Å². The average Bonchev–Trinajstić information content (AvgIpc) is 2.80. The zero-order valence-electron chi connectivity index (χ0n) is 15.5. The first-order valence-corrected chi connectivity index (χ1v) is 9.15. The van der Waals surface area contributed by atoms with Crippen molar-refractivity contribution in [2.75, 3.05) is 13.2 Å². The van der Waals surface area contributed by atoms with Crippen LogP contribution in [0.3, 0.4) is 0 Å². The summed E-state index contributed by atoms with van der Waals surface area (Å²) < 4.78 is 11.1. The summed E-state index contributed by atoms with van der Waals surface area (Å²) in [7, 11) is 0. The van der Waals surface area contributed by atoms with Crippen LogP contribution in [0, 0.1) is 5.92 Å². The predicted octanol–water partition coefficient (Wildman–Crippen LogP) is 0.427. The molecule has 0 aliphatic carbocycles. The fourth-order valence-corrected chi connectivity index (χ4v) is 3.02. The third kappa shape index (κ3) is 5.26. The molecule has 7 N–H and O–H groups in total. The molecule has 0 saturated carbocycles. The topological polar surface area (TPSA) is 143 Å². The number of hydrogen-bond acceptors (Lipinski definition) is 7. The molecule has 3 unspecified atom stereocenters. The van der Waals surface area contributed by atoms with Crippen molar-refractivity contribution < 1.29 is 40.1 Å². The number of phenolic OH excluding ortho intramolecular Hbond substituents is 2. The van der Waals surface area contributed by atoms with E-state index in [9.17, 15) is 25.5 Å². The van der Waals surface area contributed by atoms with Gasteiger partial charge < -0.3 is 40.1 Å². The monoisotopic (exact) mass is 405 g/mol. The van der Waals surface area contributed by atoms with Gasteiger partial charge in [-0.2, -0.15) is 0 Å². The highest BCUT2D eigenvalue weighted by molar-refractivity contribution is 5.71. The van der Waals surface area contributed by atoms with E-state index < -0.39 is 30.5 Å². The van der Waals surface area contributed by atoms with Gasteiger partial charge in [0, 0.05) is 6.07 Å². The van der Waals surface area contributed by atoms with Crippen LogP contribution in [0.1, 0.15) is 11.1 Å². The molecule has 8 nitrogen and oxygen atoms in total. The Labute approximate surface area is 167 Å². The van der Waals surface area contributed by atoms with Gasteiger partial charge in [0.1, 0.15) is 29.5 Å². The lowest BCUT2D eigenvalue weighted by atomic mass is 9.97. The van der Waals surface area contributed by atoms with Gasteiger partial charge in [-0.15, -0.1) is 0 Å². The molecular weight excluding hydrogens is 380 g/mol. The summed E-state index contributed by atoms with van der Waals surface area (Å²) in [6.07, 6.45) is -2.11. The lowest BCUT2D eigenvalue weighted by Crippen LogP contribution is -2.46. The fraction of sp³-hybridized carbons (Fsp3) is 0.333. The van der Waals surface area contributed by atoms with E-state index in [1.807, 2.05) is 0 Å². The maximum atomic E-state index is 10.3. The normalized spacial score (nSPS) is 27.7. The van der Waals surface area contributed by atoms with Crippen molar-refractivity contribution in [1.82, 2.24) is 0 Å². The number of phenols is 2. The number of hydrogen-bond donors (Lipinski definition) is 5. The SMILES string of the molecule is Oc1ccc(/C=C\c2cc(O)cc(O[C@@H]3OCC(C[OH2+])[C@@H](O)C(O)C3O)c2)cc1. The average molecular weight is 405 g/mol. The van der Waals surface area contributed by atoms with E-state index in [1.54, 1.807) is 42.5 Å². The maximum absolute atomic E-state index is 10.3. The molecule has 8 heteroatoms. The van der Waals surface area contributed by atoms with E-state index in [2.05, 4.69) is 0 Å². The molecular formula is C21H25O8+. The highest BCUT2D eigenvalue weighted by Crippen LogP contribution is 2.27. The molecule has 0 aromatic heterocycles. The number of aromatic hydroxyl groups is 2. The molecule has 0 spiro atoms. The van der Waals surface area contributed by atoms with Crippen molar-refractivity contribution >= 4 is 12.2 Å². The minimum atomic E-state index is -1.53. The van der Waals surface area contributed by atoms with Crippen LogP contribution >= 0.6 is 0 Å². The van der Waals surface area contributed by atoms with Crippen molar-refractivity contribution in [3.8, 4) is 17.2 Å². The van der Waals surface area contributed by atoms with Gasteiger partial charge in [0.15, 0.2) is 6.61 Å². The van der Waals surface area contributed by atoms with E-state index >= 15 is 0 Å². The Morgan fingerprint density at radius 1 is 0.897 bits per heavy atom. The van der Waals surface area contributed by atoms with Crippen LogP contribution in [-0.4, -0.2) is 68.5 Å². The molecule has 3 rings (SSSR count). The summed E-state index contributed by atoms with van der Waals surface area (Å²) in [4.78, 5) is 0. The summed E-state index contributed by atoms with van der Waals surface area (Å²) in [5, 5.41) is 57.1. The van der Waals surface area contributed by atoms with E-state index in [0.29, 0.717) is 5.56 Å². The zero-order chi connectivity index (χ0) is 21.0. The van der Waals surface area contributed by atoms with Crippen molar-refractivity contribution in [1.29, 1.82) is 0 Å². The molecule has 0 radical (unpaired) electrons. The standard InChI is InChI=1S/C21H24O8/c22-10-14-11-28-21(20(27)19(26)18(14)25)29-17-8-13(7-16(24)9-17)2-1-12-3-5-15(23)6-4-12/h1-9,14,18-27H,10-11H2/p+1/b2-1-/t14?,18-,19?,20?,21+/m1/s1. The van der Waals surface area contributed by atoms with Crippen LogP contribution in [0.2, 0.25) is 0 Å². The van der Waals surface area contributed by atoms with Gasteiger partial charge >= 0.3 is 0 Å². The second-order valence-corrected chi connectivity index (χ2v) is 6.94. The van der Waals surface area contributed by atoms with Crippen LogP contribution in [-0.2, 0) is 4.74 Å². The summed E-state index contributed by atoms with van der Waals surface area (Å²) in [6, 6.07) is 11.1. The van der Waals surface area contributed by atoms with Gasteiger partial charge in [0.05, 0.1) is 18.6 Å². The van der Waals surface area contributed by atoms with Crippen molar-refractivity contribution in [3.05, 3.63) is 53.6 Å².